The summed E-state index contributed by atoms with van der Waals surface area (Å²) in [7, 11) is 0. The number of amides is 2. The van der Waals surface area contributed by atoms with E-state index in [1.54, 1.807) is 12.3 Å². The first-order valence-corrected chi connectivity index (χ1v) is 8.81. The average Bonchev–Trinajstić information content (AvgIpc) is 3.49. The molecule has 0 atom stereocenters. The van der Waals surface area contributed by atoms with Gasteiger partial charge in [0.05, 0.1) is 0 Å². The predicted octanol–water partition coefficient (Wildman–Crippen LogP) is 1.37. The monoisotopic (exact) mass is 329 g/mol. The lowest BCUT2D eigenvalue weighted by Crippen LogP contribution is -2.44. The van der Waals surface area contributed by atoms with Crippen LogP contribution < -0.4 is 16.3 Å². The molecule has 0 aliphatic heterocycles. The number of rotatable bonds is 7. The molecule has 2 amide bonds. The Morgan fingerprint density at radius 2 is 2.00 bits per heavy atom. The number of hydrogen-bond acceptors (Lipinski definition) is 3. The zero-order valence-corrected chi connectivity index (χ0v) is 13.6. The third kappa shape index (κ3) is 3.29. The van der Waals surface area contributed by atoms with Crippen molar-refractivity contribution in [2.45, 2.75) is 44.7 Å². The number of hydrogen-bond donors (Lipinski definition) is 2. The molecule has 0 bridgehead atoms. The maximum absolute atomic E-state index is 12.1. The lowest BCUT2D eigenvalue weighted by Gasteiger charge is -2.18. The van der Waals surface area contributed by atoms with Crippen molar-refractivity contribution in [1.29, 1.82) is 0 Å². The van der Waals surface area contributed by atoms with Crippen molar-refractivity contribution in [3.63, 3.8) is 0 Å². The van der Waals surface area contributed by atoms with E-state index in [2.05, 4.69) is 15.7 Å². The highest BCUT2D eigenvalue weighted by molar-refractivity contribution is 5.74. The van der Waals surface area contributed by atoms with E-state index < -0.39 is 0 Å². The topological polar surface area (TPSA) is 80.4 Å². The lowest BCUT2D eigenvalue weighted by atomic mass is 10.1. The number of fused-ring (bicyclic) bond motifs is 1. The first-order chi connectivity index (χ1) is 11.7. The molecule has 2 heterocycles. The van der Waals surface area contributed by atoms with Crippen molar-refractivity contribution in [3.8, 4) is 0 Å². The van der Waals surface area contributed by atoms with Gasteiger partial charge in [-0.2, -0.15) is 0 Å². The minimum Gasteiger partial charge on any atom is -0.338 e. The Morgan fingerprint density at radius 3 is 2.67 bits per heavy atom. The van der Waals surface area contributed by atoms with Gasteiger partial charge >= 0.3 is 11.7 Å². The second-order valence-electron chi connectivity index (χ2n) is 6.89. The summed E-state index contributed by atoms with van der Waals surface area (Å²) in [6.07, 6.45) is 7.38. The summed E-state index contributed by atoms with van der Waals surface area (Å²) in [5.74, 6) is 1.39. The lowest BCUT2D eigenvalue weighted by molar-refractivity contribution is 0.233. The maximum atomic E-state index is 12.1. The van der Waals surface area contributed by atoms with E-state index in [-0.39, 0.29) is 11.7 Å². The molecule has 2 fully saturated rings. The van der Waals surface area contributed by atoms with Gasteiger partial charge in [-0.05, 0) is 56.1 Å². The highest BCUT2D eigenvalue weighted by Gasteiger charge is 2.42. The van der Waals surface area contributed by atoms with Gasteiger partial charge in [0.15, 0.2) is 5.65 Å². The predicted molar refractivity (Wildman–Crippen MR) is 89.8 cm³/mol. The fraction of sp³-hybridized carbons (Fsp3) is 0.588. The Labute approximate surface area is 140 Å². The van der Waals surface area contributed by atoms with Crippen LogP contribution in [0.5, 0.6) is 0 Å². The van der Waals surface area contributed by atoms with Gasteiger partial charge in [0.25, 0.3) is 0 Å². The summed E-state index contributed by atoms with van der Waals surface area (Å²) in [5, 5.41) is 10.3. The molecule has 2 aromatic rings. The van der Waals surface area contributed by atoms with E-state index in [4.69, 9.17) is 0 Å². The third-order valence-corrected chi connectivity index (χ3v) is 4.88. The Hall–Kier alpha value is -2.31. The third-order valence-electron chi connectivity index (χ3n) is 4.88. The molecule has 0 saturated heterocycles. The number of nitrogens with one attached hydrogen (secondary N) is 2. The molecule has 2 N–H and O–H groups in total. The van der Waals surface area contributed by atoms with Gasteiger partial charge in [-0.3, -0.25) is 4.40 Å². The van der Waals surface area contributed by atoms with Crippen LogP contribution in [0.3, 0.4) is 0 Å². The Balaban J connectivity index is 1.24. The van der Waals surface area contributed by atoms with Gasteiger partial charge in [0.1, 0.15) is 0 Å². The molecule has 0 spiro atoms. The molecular formula is C17H23N5O2. The number of urea groups is 1. The van der Waals surface area contributed by atoms with Crippen molar-refractivity contribution in [3.05, 3.63) is 34.9 Å². The highest BCUT2D eigenvalue weighted by Crippen LogP contribution is 2.44. The normalized spacial score (nSPS) is 17.4. The average molecular weight is 329 g/mol. The molecule has 7 heteroatoms. The number of pyridine rings is 1. The van der Waals surface area contributed by atoms with Crippen molar-refractivity contribution in [2.24, 2.45) is 11.8 Å². The molecule has 2 aliphatic rings. The van der Waals surface area contributed by atoms with Crippen LogP contribution >= 0.6 is 0 Å². The zero-order valence-electron chi connectivity index (χ0n) is 13.6. The van der Waals surface area contributed by atoms with Crippen LogP contribution in [-0.2, 0) is 6.54 Å². The van der Waals surface area contributed by atoms with Crippen LogP contribution in [0.2, 0.25) is 0 Å². The molecule has 0 radical (unpaired) electrons. The van der Waals surface area contributed by atoms with Gasteiger partial charge < -0.3 is 10.6 Å². The van der Waals surface area contributed by atoms with E-state index >= 15 is 0 Å². The van der Waals surface area contributed by atoms with E-state index in [9.17, 15) is 9.59 Å². The summed E-state index contributed by atoms with van der Waals surface area (Å²) in [5.41, 5.74) is 0.502. The maximum Gasteiger partial charge on any atom is 0.350 e. The first kappa shape index (κ1) is 15.2. The van der Waals surface area contributed by atoms with Gasteiger partial charge in [-0.1, -0.05) is 6.07 Å². The van der Waals surface area contributed by atoms with Crippen LogP contribution in [0.4, 0.5) is 4.79 Å². The van der Waals surface area contributed by atoms with Gasteiger partial charge in [0, 0.05) is 25.3 Å². The Bertz CT molecular complexity index is 776. The number of aromatic nitrogens is 3. The fourth-order valence-corrected chi connectivity index (χ4v) is 3.28. The first-order valence-electron chi connectivity index (χ1n) is 8.81. The summed E-state index contributed by atoms with van der Waals surface area (Å²) in [6, 6.07) is 5.75. The number of aryl methyl sites for hydroxylation is 1. The fourth-order valence-electron chi connectivity index (χ4n) is 3.28. The summed E-state index contributed by atoms with van der Waals surface area (Å²) < 4.78 is 2.97. The molecule has 0 aromatic carbocycles. The molecule has 128 valence electrons. The highest BCUT2D eigenvalue weighted by atomic mass is 16.2. The van der Waals surface area contributed by atoms with E-state index in [0.717, 1.165) is 0 Å². The Morgan fingerprint density at radius 1 is 1.25 bits per heavy atom. The quantitative estimate of drug-likeness (QED) is 0.753. The molecule has 2 aliphatic carbocycles. The van der Waals surface area contributed by atoms with Gasteiger partial charge in [0.2, 0.25) is 0 Å². The number of carbonyl (C=O) groups is 1. The van der Waals surface area contributed by atoms with Crippen molar-refractivity contribution >= 4 is 11.7 Å². The second-order valence-corrected chi connectivity index (χ2v) is 6.89. The van der Waals surface area contributed by atoms with Crippen LogP contribution in [0.1, 0.15) is 32.1 Å². The van der Waals surface area contributed by atoms with E-state index in [1.165, 1.54) is 34.8 Å². The van der Waals surface area contributed by atoms with Crippen molar-refractivity contribution in [1.82, 2.24) is 24.8 Å². The van der Waals surface area contributed by atoms with E-state index in [1.807, 2.05) is 12.1 Å². The molecular weight excluding hydrogens is 306 g/mol. The molecule has 2 aromatic heterocycles. The van der Waals surface area contributed by atoms with Crippen LogP contribution in [0.25, 0.3) is 5.65 Å². The van der Waals surface area contributed by atoms with Crippen molar-refractivity contribution < 1.29 is 4.79 Å². The molecule has 0 unspecified atom stereocenters. The largest absolute Gasteiger partial charge is 0.350 e. The minimum absolute atomic E-state index is 0.0823. The minimum atomic E-state index is -0.141. The van der Waals surface area contributed by atoms with Gasteiger partial charge in [-0.15, -0.1) is 5.10 Å². The number of carbonyl (C=O) groups excluding carboxylic acids is 1. The Kier molecular flexibility index (Phi) is 4.00. The molecule has 24 heavy (non-hydrogen) atoms. The van der Waals surface area contributed by atoms with Crippen molar-refractivity contribution in [2.75, 3.05) is 6.54 Å². The van der Waals surface area contributed by atoms with Crippen LogP contribution in [0, 0.1) is 11.8 Å². The smallest absolute Gasteiger partial charge is 0.338 e. The molecule has 7 nitrogen and oxygen atoms in total. The standard InChI is InChI=1S/C17H23N5O2/c23-16(19-15(12-5-6-12)13-7-8-13)18-9-3-11-22-17(24)21-10-2-1-4-14(21)20-22/h1-2,4,10,12-13,15H,3,5-9,11H2,(H2,18,19,23). The zero-order chi connectivity index (χ0) is 16.5. The van der Waals surface area contributed by atoms with E-state index in [0.29, 0.717) is 43.0 Å². The summed E-state index contributed by atoms with van der Waals surface area (Å²) in [6.45, 7) is 1.03. The molecule has 2 saturated carbocycles. The SMILES string of the molecule is O=C(NCCCn1nc2ccccn2c1=O)NC(C1CC1)C1CC1. The van der Waals surface area contributed by atoms with Crippen LogP contribution in [-0.4, -0.2) is 32.8 Å². The molecule has 4 rings (SSSR count). The summed E-state index contributed by atoms with van der Waals surface area (Å²) >= 11 is 0. The number of nitrogens with zero attached hydrogens (tertiary/aromatic N) is 3. The van der Waals surface area contributed by atoms with Crippen LogP contribution in [0.15, 0.2) is 29.2 Å². The second kappa shape index (κ2) is 6.30. The summed E-state index contributed by atoms with van der Waals surface area (Å²) in [4.78, 5) is 24.2. The van der Waals surface area contributed by atoms with Gasteiger partial charge in [-0.25, -0.2) is 14.3 Å².